The van der Waals surface area contributed by atoms with E-state index in [2.05, 4.69) is 0 Å². The number of para-hydroxylation sites is 1. The highest BCUT2D eigenvalue weighted by molar-refractivity contribution is 5.69. The third-order valence-corrected chi connectivity index (χ3v) is 3.96. The predicted octanol–water partition coefficient (Wildman–Crippen LogP) is 5.93. The van der Waals surface area contributed by atoms with Crippen LogP contribution in [0.5, 0.6) is 11.5 Å². The SMILES string of the molecule is C=O.Oc1ccc(-c2ccccc2)cc1.Oc1ccccc1-c1ccccc1. The van der Waals surface area contributed by atoms with E-state index in [1.807, 2.05) is 97.8 Å². The van der Waals surface area contributed by atoms with Gasteiger partial charge in [0.1, 0.15) is 18.3 Å². The van der Waals surface area contributed by atoms with Crippen LogP contribution in [0.15, 0.2) is 109 Å². The van der Waals surface area contributed by atoms with Gasteiger partial charge in [-0.2, -0.15) is 0 Å². The summed E-state index contributed by atoms with van der Waals surface area (Å²) in [5.74, 6) is 0.633. The molecule has 0 atom stereocenters. The minimum Gasteiger partial charge on any atom is -0.508 e. The summed E-state index contributed by atoms with van der Waals surface area (Å²) in [4.78, 5) is 8.00. The zero-order valence-electron chi connectivity index (χ0n) is 15.4. The fourth-order valence-corrected chi connectivity index (χ4v) is 2.62. The molecule has 0 aromatic heterocycles. The second kappa shape index (κ2) is 11.0. The number of carbonyl (C=O) groups excluding carboxylic acids is 1. The molecule has 0 aliphatic carbocycles. The van der Waals surface area contributed by atoms with E-state index in [-0.39, 0.29) is 0 Å². The van der Waals surface area contributed by atoms with Crippen molar-refractivity contribution in [1.82, 2.24) is 0 Å². The summed E-state index contributed by atoms with van der Waals surface area (Å²) in [6.07, 6.45) is 0. The molecule has 0 saturated heterocycles. The Balaban J connectivity index is 0.000000184. The lowest BCUT2D eigenvalue weighted by molar-refractivity contribution is -0.0979. The number of hydrogen-bond donors (Lipinski definition) is 2. The molecule has 0 fully saturated rings. The van der Waals surface area contributed by atoms with Crippen LogP contribution in [-0.2, 0) is 4.79 Å². The molecule has 0 spiro atoms. The van der Waals surface area contributed by atoms with Crippen molar-refractivity contribution in [1.29, 1.82) is 0 Å². The fraction of sp³-hybridized carbons (Fsp3) is 0. The number of benzene rings is 4. The van der Waals surface area contributed by atoms with Gasteiger partial charge in [0, 0.05) is 5.56 Å². The van der Waals surface area contributed by atoms with Gasteiger partial charge in [-0.05, 0) is 34.9 Å². The molecule has 0 unspecified atom stereocenters. The van der Waals surface area contributed by atoms with E-state index < -0.39 is 0 Å². The van der Waals surface area contributed by atoms with Crippen molar-refractivity contribution in [2.45, 2.75) is 0 Å². The molecule has 0 saturated carbocycles. The molecule has 0 amide bonds. The summed E-state index contributed by atoms with van der Waals surface area (Å²) in [5, 5.41) is 18.7. The lowest BCUT2D eigenvalue weighted by Gasteiger charge is -2.02. The minimum atomic E-state index is 0.305. The van der Waals surface area contributed by atoms with Crippen LogP contribution in [0.4, 0.5) is 0 Å². The molecule has 2 N–H and O–H groups in total. The average molecular weight is 370 g/mol. The van der Waals surface area contributed by atoms with E-state index in [4.69, 9.17) is 9.90 Å². The molecule has 4 rings (SSSR count). The van der Waals surface area contributed by atoms with Crippen molar-refractivity contribution in [2.24, 2.45) is 0 Å². The van der Waals surface area contributed by atoms with Gasteiger partial charge in [0.15, 0.2) is 0 Å². The van der Waals surface area contributed by atoms with Crippen molar-refractivity contribution in [3.8, 4) is 33.8 Å². The summed E-state index contributed by atoms with van der Waals surface area (Å²) < 4.78 is 0. The van der Waals surface area contributed by atoms with Crippen LogP contribution < -0.4 is 0 Å². The number of aromatic hydroxyl groups is 2. The summed E-state index contributed by atoms with van der Waals surface area (Å²) >= 11 is 0. The normalized spacial score (nSPS) is 9.29. The highest BCUT2D eigenvalue weighted by Crippen LogP contribution is 2.27. The second-order valence-corrected chi connectivity index (χ2v) is 5.80. The van der Waals surface area contributed by atoms with Gasteiger partial charge in [-0.25, -0.2) is 0 Å². The Hall–Kier alpha value is -3.85. The molecular formula is C25H22O3. The van der Waals surface area contributed by atoms with Gasteiger partial charge >= 0.3 is 0 Å². The lowest BCUT2D eigenvalue weighted by atomic mass is 10.1. The molecule has 3 nitrogen and oxygen atoms in total. The monoisotopic (exact) mass is 370 g/mol. The maximum absolute atomic E-state index is 9.56. The third kappa shape index (κ3) is 5.85. The van der Waals surface area contributed by atoms with Crippen molar-refractivity contribution < 1.29 is 15.0 Å². The van der Waals surface area contributed by atoms with E-state index in [0.717, 1.165) is 16.7 Å². The zero-order valence-corrected chi connectivity index (χ0v) is 15.4. The molecule has 4 aromatic carbocycles. The average Bonchev–Trinajstić information content (AvgIpc) is 2.78. The van der Waals surface area contributed by atoms with Gasteiger partial charge in [-0.1, -0.05) is 91.0 Å². The first-order valence-electron chi connectivity index (χ1n) is 8.71. The quantitative estimate of drug-likeness (QED) is 0.459. The van der Waals surface area contributed by atoms with E-state index in [9.17, 15) is 5.11 Å². The van der Waals surface area contributed by atoms with Gasteiger partial charge in [0.2, 0.25) is 0 Å². The maximum atomic E-state index is 9.56. The number of phenolic OH excluding ortho intramolecular Hbond substituents is 2. The van der Waals surface area contributed by atoms with E-state index >= 15 is 0 Å². The van der Waals surface area contributed by atoms with E-state index in [1.54, 1.807) is 18.2 Å². The van der Waals surface area contributed by atoms with Gasteiger partial charge in [0.25, 0.3) is 0 Å². The molecule has 0 radical (unpaired) electrons. The maximum Gasteiger partial charge on any atom is 0.123 e. The van der Waals surface area contributed by atoms with Crippen molar-refractivity contribution in [3.63, 3.8) is 0 Å². The first-order valence-corrected chi connectivity index (χ1v) is 8.71. The second-order valence-electron chi connectivity index (χ2n) is 5.80. The molecule has 3 heteroatoms. The Morgan fingerprint density at radius 2 is 0.893 bits per heavy atom. The van der Waals surface area contributed by atoms with Gasteiger partial charge in [-0.15, -0.1) is 0 Å². The van der Waals surface area contributed by atoms with E-state index in [1.165, 1.54) is 5.56 Å². The third-order valence-electron chi connectivity index (χ3n) is 3.96. The molecular weight excluding hydrogens is 348 g/mol. The minimum absolute atomic E-state index is 0.305. The predicted molar refractivity (Wildman–Crippen MR) is 114 cm³/mol. The van der Waals surface area contributed by atoms with Crippen molar-refractivity contribution in [3.05, 3.63) is 109 Å². The summed E-state index contributed by atoms with van der Waals surface area (Å²) in [6.45, 7) is 2.00. The molecule has 140 valence electrons. The van der Waals surface area contributed by atoms with Crippen molar-refractivity contribution in [2.75, 3.05) is 0 Å². The van der Waals surface area contributed by atoms with Crippen LogP contribution in [0.1, 0.15) is 0 Å². The number of hydrogen-bond acceptors (Lipinski definition) is 3. The van der Waals surface area contributed by atoms with Gasteiger partial charge in [-0.3, -0.25) is 0 Å². The number of rotatable bonds is 2. The Morgan fingerprint density at radius 3 is 1.43 bits per heavy atom. The number of carbonyl (C=O) groups is 1. The first kappa shape index (κ1) is 20.5. The topological polar surface area (TPSA) is 57.5 Å². The van der Waals surface area contributed by atoms with Crippen LogP contribution in [0.25, 0.3) is 22.3 Å². The Labute approximate surface area is 165 Å². The van der Waals surface area contributed by atoms with Crippen LogP contribution in [0.3, 0.4) is 0 Å². The zero-order chi connectivity index (χ0) is 20.2. The summed E-state index contributed by atoms with van der Waals surface area (Å²) in [6, 6.07) is 34.5. The Bertz CT molecular complexity index is 950. The molecule has 4 aromatic rings. The molecule has 0 heterocycles. The standard InChI is InChI=1S/2C12H10O.CH2O/c13-12-9-5-4-8-11(12)10-6-2-1-3-7-10;13-12-8-6-11(7-9-12)10-4-2-1-3-5-10;1-2/h2*1-9,13H;1H2. The van der Waals surface area contributed by atoms with Crippen molar-refractivity contribution >= 4 is 6.79 Å². The largest absolute Gasteiger partial charge is 0.508 e. The summed E-state index contributed by atoms with van der Waals surface area (Å²) in [5.41, 5.74) is 4.21. The molecule has 0 bridgehead atoms. The highest BCUT2D eigenvalue weighted by atomic mass is 16.3. The van der Waals surface area contributed by atoms with Gasteiger partial charge < -0.3 is 15.0 Å². The lowest BCUT2D eigenvalue weighted by Crippen LogP contribution is -1.76. The van der Waals surface area contributed by atoms with Crippen LogP contribution in [0.2, 0.25) is 0 Å². The summed E-state index contributed by atoms with van der Waals surface area (Å²) in [7, 11) is 0. The molecule has 0 aliphatic heterocycles. The van der Waals surface area contributed by atoms with Gasteiger partial charge in [0.05, 0.1) is 0 Å². The first-order chi connectivity index (χ1) is 13.7. The Kier molecular flexibility index (Phi) is 8.03. The fourth-order valence-electron chi connectivity index (χ4n) is 2.62. The smallest absolute Gasteiger partial charge is 0.123 e. The molecule has 0 aliphatic rings. The Morgan fingerprint density at radius 1 is 0.464 bits per heavy atom. The van der Waals surface area contributed by atoms with Crippen LogP contribution in [0, 0.1) is 0 Å². The molecule has 28 heavy (non-hydrogen) atoms. The highest BCUT2D eigenvalue weighted by Gasteiger charge is 2.00. The van der Waals surface area contributed by atoms with Crippen LogP contribution >= 0.6 is 0 Å². The number of phenols is 2. The van der Waals surface area contributed by atoms with E-state index in [0.29, 0.717) is 11.5 Å². The van der Waals surface area contributed by atoms with Crippen LogP contribution in [-0.4, -0.2) is 17.0 Å².